The number of hydrogen-bond acceptors (Lipinski definition) is 8. The molecule has 0 radical (unpaired) electrons. The van der Waals surface area contributed by atoms with Gasteiger partial charge in [-0.3, -0.25) is 14.2 Å². The van der Waals surface area contributed by atoms with Crippen LogP contribution in [0.15, 0.2) is 97.2 Å². The van der Waals surface area contributed by atoms with Crippen molar-refractivity contribution in [2.24, 2.45) is 0 Å². The number of unbranched alkanes of at least 4 members (excludes halogenated alkanes) is 6. The fraction of sp³-hybridized carbons (Fsp3) is 0.550. The normalized spacial score (nSPS) is 14.9. The monoisotopic (exact) mass is 717 g/mol. The van der Waals surface area contributed by atoms with Gasteiger partial charge in [-0.15, -0.1) is 0 Å². The molecule has 0 saturated heterocycles. The van der Waals surface area contributed by atoms with Crippen molar-refractivity contribution in [2.75, 3.05) is 47.5 Å². The van der Waals surface area contributed by atoms with E-state index in [1.807, 2.05) is 94.1 Å². The number of phosphoric acid groups is 1. The van der Waals surface area contributed by atoms with Gasteiger partial charge in [0.1, 0.15) is 19.8 Å². The Morgan fingerprint density at radius 1 is 0.620 bits per heavy atom. The Hall–Kier alpha value is -3.07. The molecule has 10 heteroatoms. The molecule has 0 aliphatic heterocycles. The SMILES string of the molecule is CC/C=C/C=C/C=C/C=C/C=C/CCCC(=O)OC(COC(=O)CCCCCCC/C=C/C=C/C=C/CC)COP(=O)([O-])OCC[N+](C)(C)C. The highest BCUT2D eigenvalue weighted by Crippen LogP contribution is 2.38. The molecule has 282 valence electrons. The Morgan fingerprint density at radius 2 is 1.10 bits per heavy atom. The number of ether oxygens (including phenoxy) is 2. The zero-order chi connectivity index (χ0) is 37.2. The summed E-state index contributed by atoms with van der Waals surface area (Å²) in [7, 11) is 1.08. The molecule has 2 atom stereocenters. The highest BCUT2D eigenvalue weighted by atomic mass is 31.2. The lowest BCUT2D eigenvalue weighted by Gasteiger charge is -2.28. The Balaban J connectivity index is 4.66. The second-order valence-electron chi connectivity index (χ2n) is 12.7. The molecule has 0 spiro atoms. The van der Waals surface area contributed by atoms with E-state index in [2.05, 4.69) is 38.2 Å². The smallest absolute Gasteiger partial charge is 0.306 e. The number of esters is 2. The van der Waals surface area contributed by atoms with Crippen molar-refractivity contribution in [3.63, 3.8) is 0 Å². The summed E-state index contributed by atoms with van der Waals surface area (Å²) in [6, 6.07) is 0. The summed E-state index contributed by atoms with van der Waals surface area (Å²) in [5, 5.41) is 0. The van der Waals surface area contributed by atoms with Crippen molar-refractivity contribution in [3.8, 4) is 0 Å². The van der Waals surface area contributed by atoms with E-state index in [9.17, 15) is 19.0 Å². The van der Waals surface area contributed by atoms with Crippen molar-refractivity contribution in [1.29, 1.82) is 0 Å². The number of quaternary nitrogens is 1. The minimum atomic E-state index is -4.65. The minimum absolute atomic E-state index is 0.0542. The van der Waals surface area contributed by atoms with Gasteiger partial charge in [0, 0.05) is 12.8 Å². The zero-order valence-electron chi connectivity index (χ0n) is 31.3. The third kappa shape index (κ3) is 34.8. The van der Waals surface area contributed by atoms with Crippen molar-refractivity contribution in [2.45, 2.75) is 97.0 Å². The van der Waals surface area contributed by atoms with Crippen LogP contribution in [0.1, 0.15) is 90.9 Å². The fourth-order valence-corrected chi connectivity index (χ4v) is 4.70. The first-order valence-corrected chi connectivity index (χ1v) is 19.5. The molecule has 0 amide bonds. The number of hydrogen-bond donors (Lipinski definition) is 0. The molecule has 50 heavy (non-hydrogen) atoms. The van der Waals surface area contributed by atoms with Gasteiger partial charge in [-0.1, -0.05) is 130 Å². The van der Waals surface area contributed by atoms with Crippen molar-refractivity contribution >= 4 is 19.8 Å². The molecule has 0 heterocycles. The van der Waals surface area contributed by atoms with E-state index in [0.717, 1.165) is 44.9 Å². The lowest BCUT2D eigenvalue weighted by molar-refractivity contribution is -0.870. The number of rotatable bonds is 30. The van der Waals surface area contributed by atoms with Gasteiger partial charge in [-0.2, -0.15) is 0 Å². The van der Waals surface area contributed by atoms with Crippen LogP contribution in [0, 0.1) is 0 Å². The van der Waals surface area contributed by atoms with Gasteiger partial charge in [0.15, 0.2) is 6.10 Å². The maximum atomic E-state index is 12.5. The third-order valence-electron chi connectivity index (χ3n) is 6.79. The van der Waals surface area contributed by atoms with E-state index in [0.29, 0.717) is 30.3 Å². The van der Waals surface area contributed by atoms with Crippen LogP contribution in [-0.4, -0.2) is 70.0 Å². The Labute approximate surface area is 303 Å². The predicted octanol–water partition coefficient (Wildman–Crippen LogP) is 8.82. The van der Waals surface area contributed by atoms with Crippen LogP contribution >= 0.6 is 7.82 Å². The summed E-state index contributed by atoms with van der Waals surface area (Å²) in [6.07, 6.45) is 40.3. The van der Waals surface area contributed by atoms with Gasteiger partial charge >= 0.3 is 11.9 Å². The summed E-state index contributed by atoms with van der Waals surface area (Å²) in [4.78, 5) is 37.2. The largest absolute Gasteiger partial charge is 0.756 e. The van der Waals surface area contributed by atoms with Crippen LogP contribution in [-0.2, 0) is 32.7 Å². The van der Waals surface area contributed by atoms with Crippen molar-refractivity contribution < 1.29 is 42.1 Å². The van der Waals surface area contributed by atoms with E-state index in [1.165, 1.54) is 0 Å². The van der Waals surface area contributed by atoms with Gasteiger partial charge in [-0.05, 0) is 44.9 Å². The zero-order valence-corrected chi connectivity index (χ0v) is 32.2. The number of phosphoric ester groups is 1. The molecular weight excluding hydrogens is 653 g/mol. The number of likely N-dealkylation sites (N-methyl/N-ethyl adjacent to an activating group) is 1. The molecule has 9 nitrogen and oxygen atoms in total. The Morgan fingerprint density at radius 3 is 1.66 bits per heavy atom. The fourth-order valence-electron chi connectivity index (χ4n) is 3.98. The standard InChI is InChI=1S/C40H64NO8P/c1-6-8-10-12-14-16-18-20-22-24-26-28-30-32-39(42)46-36-38(37-48-50(44,45)47-35-34-41(3,4)5)49-40(43)33-31-29-27-25-23-21-19-17-15-13-11-9-7-2/h8-19,21,23,25,27,38H,6-7,20,22,24,26,28-37H2,1-5H3/b10-8+,11-9+,14-12+,15-13+,18-16+,19-17+,23-21+,27-25+. The van der Waals surface area contributed by atoms with Gasteiger partial charge in [0.05, 0.1) is 27.7 Å². The first kappa shape index (κ1) is 46.9. The maximum absolute atomic E-state index is 12.5. The molecule has 0 fully saturated rings. The van der Waals surface area contributed by atoms with E-state index in [1.54, 1.807) is 0 Å². The van der Waals surface area contributed by atoms with Gasteiger partial charge in [0.2, 0.25) is 0 Å². The van der Waals surface area contributed by atoms with E-state index in [4.69, 9.17) is 18.5 Å². The van der Waals surface area contributed by atoms with Crippen LogP contribution in [0.4, 0.5) is 0 Å². The predicted molar refractivity (Wildman–Crippen MR) is 203 cm³/mol. The van der Waals surface area contributed by atoms with Crippen LogP contribution in [0.3, 0.4) is 0 Å². The van der Waals surface area contributed by atoms with E-state index in [-0.39, 0.29) is 26.1 Å². The summed E-state index contributed by atoms with van der Waals surface area (Å²) in [5.74, 6) is -0.962. The Bertz CT molecular complexity index is 1170. The molecule has 0 rings (SSSR count). The minimum Gasteiger partial charge on any atom is -0.756 e. The number of nitrogens with zero attached hydrogens (tertiary/aromatic N) is 1. The number of allylic oxidation sites excluding steroid dienone is 16. The third-order valence-corrected chi connectivity index (χ3v) is 7.75. The lowest BCUT2D eigenvalue weighted by Crippen LogP contribution is -2.37. The molecule has 0 N–H and O–H groups in total. The molecule has 0 aliphatic rings. The molecule has 0 aliphatic carbocycles. The van der Waals surface area contributed by atoms with E-state index < -0.39 is 32.5 Å². The number of carbonyl (C=O) groups excluding carboxylic acids is 2. The van der Waals surface area contributed by atoms with Crippen LogP contribution in [0.2, 0.25) is 0 Å². The highest BCUT2D eigenvalue weighted by molar-refractivity contribution is 7.45. The molecule has 0 aromatic rings. The molecular formula is C40H64NO8P. The summed E-state index contributed by atoms with van der Waals surface area (Å²) >= 11 is 0. The topological polar surface area (TPSA) is 111 Å². The molecule has 0 aromatic heterocycles. The average molecular weight is 718 g/mol. The van der Waals surface area contributed by atoms with Gasteiger partial charge < -0.3 is 27.9 Å². The van der Waals surface area contributed by atoms with Crippen molar-refractivity contribution in [1.82, 2.24) is 0 Å². The second-order valence-corrected chi connectivity index (χ2v) is 14.1. The molecule has 0 aromatic carbocycles. The van der Waals surface area contributed by atoms with Crippen LogP contribution in [0.5, 0.6) is 0 Å². The van der Waals surface area contributed by atoms with Crippen LogP contribution in [0.25, 0.3) is 0 Å². The molecule has 0 saturated carbocycles. The average Bonchev–Trinajstić information content (AvgIpc) is 3.06. The maximum Gasteiger partial charge on any atom is 0.306 e. The van der Waals surface area contributed by atoms with E-state index >= 15 is 0 Å². The van der Waals surface area contributed by atoms with Crippen LogP contribution < -0.4 is 4.89 Å². The summed E-state index contributed by atoms with van der Waals surface area (Å²) < 4.78 is 33.6. The lowest BCUT2D eigenvalue weighted by atomic mass is 10.1. The highest BCUT2D eigenvalue weighted by Gasteiger charge is 2.21. The summed E-state index contributed by atoms with van der Waals surface area (Å²) in [6.45, 7) is 3.78. The summed E-state index contributed by atoms with van der Waals surface area (Å²) in [5.41, 5.74) is 0. The first-order valence-electron chi connectivity index (χ1n) is 18.0. The van der Waals surface area contributed by atoms with Gasteiger partial charge in [-0.25, -0.2) is 0 Å². The quantitative estimate of drug-likeness (QED) is 0.0238. The first-order chi connectivity index (χ1) is 24.0. The Kier molecular flexibility index (Phi) is 29.9. The number of carbonyl (C=O) groups is 2. The molecule has 2 unspecified atom stereocenters. The van der Waals surface area contributed by atoms with Crippen molar-refractivity contribution in [3.05, 3.63) is 97.2 Å². The second kappa shape index (κ2) is 31.9. The molecule has 0 bridgehead atoms. The van der Waals surface area contributed by atoms with Gasteiger partial charge in [0.25, 0.3) is 7.82 Å².